The molecule has 1 saturated heterocycles. The lowest BCUT2D eigenvalue weighted by Gasteiger charge is -2.27. The van der Waals surface area contributed by atoms with E-state index in [0.717, 1.165) is 55.5 Å². The van der Waals surface area contributed by atoms with Crippen LogP contribution in [0.2, 0.25) is 0 Å². The van der Waals surface area contributed by atoms with Crippen molar-refractivity contribution in [2.45, 2.75) is 33.7 Å². The number of nitrogens with zero attached hydrogens (tertiary/aromatic N) is 2. The fourth-order valence-corrected chi connectivity index (χ4v) is 3.23. The fraction of sp³-hybridized carbons (Fsp3) is 0.579. The molecule has 0 N–H and O–H groups in total. The van der Waals surface area contributed by atoms with E-state index in [1.165, 1.54) is 5.56 Å². The number of carbonyl (C=O) groups is 1. The van der Waals surface area contributed by atoms with Crippen LogP contribution in [0.1, 0.15) is 31.4 Å². The minimum absolute atomic E-state index is 0.213. The van der Waals surface area contributed by atoms with Crippen LogP contribution >= 0.6 is 0 Å². The first-order valence-corrected chi connectivity index (χ1v) is 8.78. The lowest BCUT2D eigenvalue weighted by atomic mass is 9.99. The van der Waals surface area contributed by atoms with Crippen LogP contribution in [0.25, 0.3) is 6.08 Å². The Hall–Kier alpha value is -1.72. The lowest BCUT2D eigenvalue weighted by Crippen LogP contribution is -2.41. The Balaban J connectivity index is 2.03. The van der Waals surface area contributed by atoms with Crippen molar-refractivity contribution in [3.63, 3.8) is 0 Å². The molecule has 24 heavy (non-hydrogen) atoms. The molecule has 1 atom stereocenters. The number of fused-ring (bicyclic) bond motifs is 1. The third kappa shape index (κ3) is 3.68. The van der Waals surface area contributed by atoms with Gasteiger partial charge in [-0.3, -0.25) is 14.7 Å². The third-order valence-electron chi connectivity index (χ3n) is 4.56. The smallest absolute Gasteiger partial charge is 0.310 e. The number of esters is 1. The van der Waals surface area contributed by atoms with Crippen molar-refractivity contribution in [3.05, 3.63) is 27.8 Å². The van der Waals surface area contributed by atoms with Gasteiger partial charge in [0.2, 0.25) is 0 Å². The summed E-state index contributed by atoms with van der Waals surface area (Å²) >= 11 is 0. The van der Waals surface area contributed by atoms with E-state index in [-0.39, 0.29) is 5.97 Å². The van der Waals surface area contributed by atoms with Gasteiger partial charge in [-0.15, -0.1) is 0 Å². The van der Waals surface area contributed by atoms with Crippen LogP contribution in [0.4, 0.5) is 0 Å². The molecule has 1 aromatic rings. The molecule has 5 heteroatoms. The van der Waals surface area contributed by atoms with Gasteiger partial charge in [0, 0.05) is 37.8 Å². The highest BCUT2D eigenvalue weighted by Crippen LogP contribution is 2.16. The molecule has 5 nitrogen and oxygen atoms in total. The Morgan fingerprint density at radius 2 is 2.17 bits per heavy atom. The first-order chi connectivity index (χ1) is 11.6. The van der Waals surface area contributed by atoms with Gasteiger partial charge in [-0.2, -0.15) is 0 Å². The number of benzene rings is 1. The number of rotatable bonds is 4. The first-order valence-electron chi connectivity index (χ1n) is 8.78. The maximum Gasteiger partial charge on any atom is 0.310 e. The number of carbonyl (C=O) groups excluding carboxylic acids is 1. The van der Waals surface area contributed by atoms with E-state index in [1.807, 2.05) is 13.8 Å². The van der Waals surface area contributed by atoms with Crippen LogP contribution in [0, 0.1) is 12.8 Å². The second kappa shape index (κ2) is 7.45. The van der Waals surface area contributed by atoms with Gasteiger partial charge in [-0.1, -0.05) is 26.0 Å². The van der Waals surface area contributed by atoms with E-state index in [0.29, 0.717) is 18.1 Å². The standard InChI is InChI=1S/C19H26N2O3/c1-4-17(22)24-19-14(3)10-15(12-21-5-7-23-8-6-21)16-9-13(2)11-20-18(16)19/h9-10,13H,4-8,11-12H2,1-3H3/t13-/m0/s1. The maximum absolute atomic E-state index is 11.8. The Morgan fingerprint density at radius 3 is 2.88 bits per heavy atom. The number of hydrogen-bond acceptors (Lipinski definition) is 5. The summed E-state index contributed by atoms with van der Waals surface area (Å²) in [4.78, 5) is 18.9. The lowest BCUT2D eigenvalue weighted by molar-refractivity contribution is -0.134. The highest BCUT2D eigenvalue weighted by molar-refractivity contribution is 5.72. The van der Waals surface area contributed by atoms with Crippen molar-refractivity contribution in [1.29, 1.82) is 0 Å². The van der Waals surface area contributed by atoms with E-state index < -0.39 is 0 Å². The molecular weight excluding hydrogens is 304 g/mol. The molecular formula is C19H26N2O3. The average molecular weight is 330 g/mol. The zero-order valence-corrected chi connectivity index (χ0v) is 14.8. The summed E-state index contributed by atoms with van der Waals surface area (Å²) in [7, 11) is 0. The van der Waals surface area contributed by atoms with Crippen LogP contribution in [-0.4, -0.2) is 43.7 Å². The quantitative estimate of drug-likeness (QED) is 0.615. The largest absolute Gasteiger partial charge is 0.424 e. The van der Waals surface area contributed by atoms with Crippen molar-refractivity contribution < 1.29 is 14.3 Å². The van der Waals surface area contributed by atoms with E-state index in [2.05, 4.69) is 24.0 Å². The van der Waals surface area contributed by atoms with Crippen molar-refractivity contribution in [2.24, 2.45) is 10.9 Å². The second-order valence-electron chi connectivity index (χ2n) is 6.64. The zero-order valence-electron chi connectivity index (χ0n) is 14.8. The highest BCUT2D eigenvalue weighted by atomic mass is 16.5. The summed E-state index contributed by atoms with van der Waals surface area (Å²) in [6, 6.07) is 2.15. The van der Waals surface area contributed by atoms with E-state index in [9.17, 15) is 4.79 Å². The van der Waals surface area contributed by atoms with Gasteiger partial charge < -0.3 is 9.47 Å². The molecule has 0 aliphatic carbocycles. The van der Waals surface area contributed by atoms with Gasteiger partial charge in [-0.25, -0.2) is 0 Å². The molecule has 2 aliphatic rings. The van der Waals surface area contributed by atoms with Crippen LogP contribution < -0.4 is 15.3 Å². The van der Waals surface area contributed by atoms with Crippen LogP contribution in [0.5, 0.6) is 5.75 Å². The average Bonchev–Trinajstić information content (AvgIpc) is 2.59. The SMILES string of the molecule is CCC(=O)Oc1c(C)cc(CN2CCOCC2)c2c1=NC[C@@H](C)C=2. The number of aryl methyl sites for hydroxylation is 1. The molecule has 0 radical (unpaired) electrons. The molecule has 2 heterocycles. The molecule has 1 fully saturated rings. The summed E-state index contributed by atoms with van der Waals surface area (Å²) < 4.78 is 11.0. The molecule has 2 aliphatic heterocycles. The number of hydrogen-bond donors (Lipinski definition) is 0. The van der Waals surface area contributed by atoms with Crippen molar-refractivity contribution in [3.8, 4) is 5.75 Å². The molecule has 0 aromatic heterocycles. The third-order valence-corrected chi connectivity index (χ3v) is 4.56. The molecule has 130 valence electrons. The molecule has 0 saturated carbocycles. The molecule has 0 amide bonds. The summed E-state index contributed by atoms with van der Waals surface area (Å²) in [5.74, 6) is 0.819. The van der Waals surface area contributed by atoms with Crippen LogP contribution in [-0.2, 0) is 16.1 Å². The Kier molecular flexibility index (Phi) is 5.31. The number of morpholine rings is 1. The molecule has 3 rings (SSSR count). The van der Waals surface area contributed by atoms with Gasteiger partial charge in [0.1, 0.15) is 5.36 Å². The molecule has 0 bridgehead atoms. The van der Waals surface area contributed by atoms with Crippen LogP contribution in [0.15, 0.2) is 11.1 Å². The monoisotopic (exact) mass is 330 g/mol. The Morgan fingerprint density at radius 1 is 1.42 bits per heavy atom. The number of ether oxygens (including phenoxy) is 2. The van der Waals surface area contributed by atoms with Crippen molar-refractivity contribution in [2.75, 3.05) is 32.8 Å². The Labute approximate surface area is 143 Å². The molecule has 0 spiro atoms. The van der Waals surface area contributed by atoms with Gasteiger partial charge in [-0.05, 0) is 24.0 Å². The highest BCUT2D eigenvalue weighted by Gasteiger charge is 2.18. The van der Waals surface area contributed by atoms with Crippen LogP contribution in [0.3, 0.4) is 0 Å². The minimum atomic E-state index is -0.213. The van der Waals surface area contributed by atoms with E-state index in [1.54, 1.807) is 0 Å². The normalized spacial score (nSPS) is 20.7. The van der Waals surface area contributed by atoms with Gasteiger partial charge in [0.15, 0.2) is 5.75 Å². The van der Waals surface area contributed by atoms with Gasteiger partial charge >= 0.3 is 5.97 Å². The predicted molar refractivity (Wildman–Crippen MR) is 92.5 cm³/mol. The summed E-state index contributed by atoms with van der Waals surface area (Å²) in [6.45, 7) is 11.1. The summed E-state index contributed by atoms with van der Waals surface area (Å²) in [6.07, 6.45) is 2.63. The summed E-state index contributed by atoms with van der Waals surface area (Å²) in [5.41, 5.74) is 2.24. The minimum Gasteiger partial charge on any atom is -0.424 e. The van der Waals surface area contributed by atoms with Gasteiger partial charge in [0.25, 0.3) is 0 Å². The van der Waals surface area contributed by atoms with Gasteiger partial charge in [0.05, 0.1) is 13.2 Å². The van der Waals surface area contributed by atoms with Crippen molar-refractivity contribution in [1.82, 2.24) is 4.90 Å². The first kappa shape index (κ1) is 17.1. The van der Waals surface area contributed by atoms with E-state index in [4.69, 9.17) is 14.5 Å². The zero-order chi connectivity index (χ0) is 17.1. The maximum atomic E-state index is 11.8. The van der Waals surface area contributed by atoms with Crippen molar-refractivity contribution >= 4 is 12.0 Å². The Bertz CT molecular complexity index is 736. The summed E-state index contributed by atoms with van der Waals surface area (Å²) in [5, 5.41) is 1.97. The molecule has 0 unspecified atom stereocenters. The fourth-order valence-electron chi connectivity index (χ4n) is 3.23. The molecule has 1 aromatic carbocycles. The topological polar surface area (TPSA) is 51.1 Å². The van der Waals surface area contributed by atoms with E-state index >= 15 is 0 Å². The predicted octanol–water partition coefficient (Wildman–Crippen LogP) is 1.19. The second-order valence-corrected chi connectivity index (χ2v) is 6.64.